The summed E-state index contributed by atoms with van der Waals surface area (Å²) in [5.41, 5.74) is 0.572. The summed E-state index contributed by atoms with van der Waals surface area (Å²) in [6.45, 7) is 5.60. The zero-order valence-electron chi connectivity index (χ0n) is 11.3. The molecule has 0 aromatic rings. The highest BCUT2D eigenvalue weighted by atomic mass is 32.2. The predicted molar refractivity (Wildman–Crippen MR) is 77.8 cm³/mol. The first-order valence-electron chi connectivity index (χ1n) is 7.22. The average molecular weight is 254 g/mol. The van der Waals surface area contributed by atoms with Crippen molar-refractivity contribution in [3.63, 3.8) is 0 Å². The Morgan fingerprint density at radius 1 is 1.35 bits per heavy atom. The monoisotopic (exact) mass is 254 g/mol. The van der Waals surface area contributed by atoms with Crippen LogP contribution in [0.3, 0.4) is 0 Å². The van der Waals surface area contributed by atoms with E-state index in [0.29, 0.717) is 11.5 Å². The van der Waals surface area contributed by atoms with E-state index in [-0.39, 0.29) is 0 Å². The Labute approximate surface area is 110 Å². The second-order valence-electron chi connectivity index (χ2n) is 5.66. The second kappa shape index (κ2) is 6.12. The van der Waals surface area contributed by atoms with Gasteiger partial charge in [-0.15, -0.1) is 0 Å². The third-order valence-corrected chi connectivity index (χ3v) is 5.47. The minimum atomic E-state index is 0.572. The molecule has 1 atom stereocenters. The number of nitrogens with one attached hydrogen (secondary N) is 1. The molecule has 1 fully saturated rings. The van der Waals surface area contributed by atoms with E-state index in [9.17, 15) is 0 Å². The number of aliphatic imine (C=N–C) groups is 1. The first kappa shape index (κ1) is 13.3. The Balaban J connectivity index is 1.85. The summed E-state index contributed by atoms with van der Waals surface area (Å²) in [5.74, 6) is 1.29. The van der Waals surface area contributed by atoms with Crippen molar-refractivity contribution in [3.8, 4) is 0 Å². The first-order valence-corrected chi connectivity index (χ1v) is 8.20. The van der Waals surface area contributed by atoms with Crippen molar-refractivity contribution < 1.29 is 0 Å². The first-order chi connectivity index (χ1) is 8.28. The van der Waals surface area contributed by atoms with Gasteiger partial charge < -0.3 is 5.32 Å². The van der Waals surface area contributed by atoms with Gasteiger partial charge in [0, 0.05) is 18.3 Å². The van der Waals surface area contributed by atoms with Gasteiger partial charge in [0.2, 0.25) is 0 Å². The molecule has 17 heavy (non-hydrogen) atoms. The molecule has 2 aliphatic rings. The van der Waals surface area contributed by atoms with Crippen LogP contribution in [0.25, 0.3) is 0 Å². The van der Waals surface area contributed by atoms with Crippen molar-refractivity contribution in [2.24, 2.45) is 10.4 Å². The molecule has 0 amide bonds. The molecule has 0 bridgehead atoms. The molecule has 1 spiro atoms. The Bertz CT molecular complexity index is 269. The number of hydrogen-bond donors (Lipinski definition) is 1. The van der Waals surface area contributed by atoms with Crippen LogP contribution in [0.1, 0.15) is 58.8 Å². The van der Waals surface area contributed by atoms with Crippen LogP contribution in [-0.2, 0) is 0 Å². The molecule has 1 N–H and O–H groups in total. The average Bonchev–Trinajstić information content (AvgIpc) is 2.80. The maximum Gasteiger partial charge on any atom is 0.156 e. The molecule has 1 aliphatic heterocycles. The van der Waals surface area contributed by atoms with Gasteiger partial charge in [-0.2, -0.15) is 0 Å². The van der Waals surface area contributed by atoms with Crippen LogP contribution in [0.5, 0.6) is 0 Å². The Kier molecular flexibility index (Phi) is 4.78. The van der Waals surface area contributed by atoms with Gasteiger partial charge in [0.15, 0.2) is 5.17 Å². The molecule has 2 nitrogen and oxygen atoms in total. The minimum absolute atomic E-state index is 0.572. The van der Waals surface area contributed by atoms with Crippen LogP contribution in [0.4, 0.5) is 0 Å². The summed E-state index contributed by atoms with van der Waals surface area (Å²) < 4.78 is 0. The molecule has 0 aromatic heterocycles. The molecular formula is C14H26N2S. The molecule has 1 saturated carbocycles. The normalized spacial score (nSPS) is 24.7. The molecule has 0 aromatic carbocycles. The number of hydrogen-bond acceptors (Lipinski definition) is 3. The van der Waals surface area contributed by atoms with E-state index in [1.54, 1.807) is 0 Å². The Morgan fingerprint density at radius 3 is 2.65 bits per heavy atom. The van der Waals surface area contributed by atoms with Gasteiger partial charge in [0.25, 0.3) is 0 Å². The van der Waals surface area contributed by atoms with Crippen LogP contribution in [0.15, 0.2) is 4.99 Å². The third kappa shape index (κ3) is 3.40. The van der Waals surface area contributed by atoms with Crippen LogP contribution < -0.4 is 5.32 Å². The van der Waals surface area contributed by atoms with E-state index >= 15 is 0 Å². The minimum Gasteiger partial charge on any atom is -0.362 e. The maximum atomic E-state index is 4.80. The molecule has 98 valence electrons. The quantitative estimate of drug-likeness (QED) is 0.825. The second-order valence-corrected chi connectivity index (χ2v) is 6.62. The van der Waals surface area contributed by atoms with Gasteiger partial charge in [0.05, 0.1) is 0 Å². The van der Waals surface area contributed by atoms with Crippen LogP contribution in [0, 0.1) is 5.41 Å². The lowest BCUT2D eigenvalue weighted by atomic mass is 9.89. The SMILES string of the molecule is CCCC(CC)NC1=NCC2(CCCC2)CS1. The molecule has 0 radical (unpaired) electrons. The van der Waals surface area contributed by atoms with Gasteiger partial charge in [-0.1, -0.05) is 44.9 Å². The lowest BCUT2D eigenvalue weighted by Crippen LogP contribution is -2.38. The van der Waals surface area contributed by atoms with Crippen molar-refractivity contribution in [2.75, 3.05) is 12.3 Å². The van der Waals surface area contributed by atoms with E-state index in [1.807, 2.05) is 11.8 Å². The zero-order valence-corrected chi connectivity index (χ0v) is 12.1. The van der Waals surface area contributed by atoms with Gasteiger partial charge >= 0.3 is 0 Å². The summed E-state index contributed by atoms with van der Waals surface area (Å²) in [6.07, 6.45) is 9.39. The smallest absolute Gasteiger partial charge is 0.156 e. The van der Waals surface area contributed by atoms with Gasteiger partial charge in [0.1, 0.15) is 0 Å². The van der Waals surface area contributed by atoms with Gasteiger partial charge in [-0.3, -0.25) is 4.99 Å². The zero-order chi connectivity index (χ0) is 12.1. The molecule has 0 saturated heterocycles. The van der Waals surface area contributed by atoms with E-state index in [1.165, 1.54) is 55.9 Å². The Morgan fingerprint density at radius 2 is 2.12 bits per heavy atom. The molecule has 2 rings (SSSR count). The summed E-state index contributed by atoms with van der Waals surface area (Å²) >= 11 is 1.97. The maximum absolute atomic E-state index is 4.80. The molecule has 1 aliphatic carbocycles. The van der Waals surface area contributed by atoms with Crippen molar-refractivity contribution in [1.29, 1.82) is 0 Å². The summed E-state index contributed by atoms with van der Waals surface area (Å²) in [4.78, 5) is 4.80. The van der Waals surface area contributed by atoms with Gasteiger partial charge in [-0.25, -0.2) is 0 Å². The fourth-order valence-electron chi connectivity index (χ4n) is 2.97. The molecule has 3 heteroatoms. The molecule has 1 unspecified atom stereocenters. The largest absolute Gasteiger partial charge is 0.362 e. The highest BCUT2D eigenvalue weighted by Crippen LogP contribution is 2.43. The molecule has 1 heterocycles. The van der Waals surface area contributed by atoms with Gasteiger partial charge in [-0.05, 0) is 31.1 Å². The van der Waals surface area contributed by atoms with Crippen molar-refractivity contribution in [1.82, 2.24) is 5.32 Å². The lowest BCUT2D eigenvalue weighted by molar-refractivity contribution is 0.357. The highest BCUT2D eigenvalue weighted by Gasteiger charge is 2.36. The third-order valence-electron chi connectivity index (χ3n) is 4.19. The summed E-state index contributed by atoms with van der Waals surface area (Å²) in [7, 11) is 0. The van der Waals surface area contributed by atoms with Crippen molar-refractivity contribution >= 4 is 16.9 Å². The predicted octanol–water partition coefficient (Wildman–Crippen LogP) is 3.82. The topological polar surface area (TPSA) is 24.4 Å². The Hall–Kier alpha value is -0.180. The summed E-state index contributed by atoms with van der Waals surface area (Å²) in [6, 6.07) is 0.629. The lowest BCUT2D eigenvalue weighted by Gasteiger charge is -2.32. The van der Waals surface area contributed by atoms with Crippen molar-refractivity contribution in [2.45, 2.75) is 64.8 Å². The van der Waals surface area contributed by atoms with E-state index < -0.39 is 0 Å². The number of amidine groups is 1. The number of nitrogens with zero attached hydrogens (tertiary/aromatic N) is 1. The van der Waals surface area contributed by atoms with E-state index in [4.69, 9.17) is 4.99 Å². The van der Waals surface area contributed by atoms with Crippen LogP contribution >= 0.6 is 11.8 Å². The van der Waals surface area contributed by atoms with E-state index in [0.717, 1.165) is 6.54 Å². The van der Waals surface area contributed by atoms with E-state index in [2.05, 4.69) is 19.2 Å². The van der Waals surface area contributed by atoms with Crippen molar-refractivity contribution in [3.05, 3.63) is 0 Å². The standard InChI is InChI=1S/C14H26N2S/c1-3-7-12(4-2)16-13-15-10-14(11-17-13)8-5-6-9-14/h12H,3-11H2,1-2H3,(H,15,16). The summed E-state index contributed by atoms with van der Waals surface area (Å²) in [5, 5.41) is 4.84. The van der Waals surface area contributed by atoms with Crippen LogP contribution in [-0.4, -0.2) is 23.5 Å². The van der Waals surface area contributed by atoms with Crippen LogP contribution in [0.2, 0.25) is 0 Å². The number of thioether (sulfide) groups is 1. The fourth-order valence-corrected chi connectivity index (χ4v) is 4.20. The molecular weight excluding hydrogens is 228 g/mol. The number of rotatable bonds is 4. The fraction of sp³-hybridized carbons (Fsp3) is 0.929. The highest BCUT2D eigenvalue weighted by molar-refractivity contribution is 8.13.